The molecule has 40 heavy (non-hydrogen) atoms. The van der Waals surface area contributed by atoms with Gasteiger partial charge in [0.05, 0.1) is 18.4 Å². The molecular weight excluding hydrogens is 496 g/mol. The van der Waals surface area contributed by atoms with E-state index in [-0.39, 0.29) is 0 Å². The summed E-state index contributed by atoms with van der Waals surface area (Å²) >= 11 is 0. The normalized spacial score (nSPS) is 14.3. The van der Waals surface area contributed by atoms with Crippen LogP contribution in [0.4, 0.5) is 5.69 Å². The monoisotopic (exact) mass is 544 g/mol. The first-order valence-corrected chi connectivity index (χ1v) is 15.1. The number of aromatic nitrogens is 2. The molecule has 216 valence electrons. The Morgan fingerprint density at radius 1 is 0.950 bits per heavy atom. The van der Waals surface area contributed by atoms with Gasteiger partial charge in [0, 0.05) is 19.6 Å². The lowest BCUT2D eigenvalue weighted by molar-refractivity contribution is 0.155. The molecule has 0 bridgehead atoms. The van der Waals surface area contributed by atoms with E-state index in [4.69, 9.17) is 19.4 Å². The number of rotatable bonds is 13. The number of hydrogen-bond acceptors (Lipinski definition) is 6. The van der Waals surface area contributed by atoms with Gasteiger partial charge in [-0.15, -0.1) is 0 Å². The number of anilines is 1. The molecule has 0 spiro atoms. The molecule has 2 aromatic carbocycles. The summed E-state index contributed by atoms with van der Waals surface area (Å²) in [5, 5.41) is 0. The van der Waals surface area contributed by atoms with Crippen molar-refractivity contribution >= 4 is 5.69 Å². The molecule has 4 rings (SSSR count). The first-order valence-electron chi connectivity index (χ1n) is 15.1. The maximum atomic E-state index is 6.47. The number of piperidine rings is 1. The van der Waals surface area contributed by atoms with Crippen molar-refractivity contribution in [3.63, 3.8) is 0 Å². The minimum Gasteiger partial charge on any atom is -0.491 e. The Bertz CT molecular complexity index is 1220. The number of nitrogens with zero attached hydrogens (tertiary/aromatic N) is 4. The lowest BCUT2D eigenvalue weighted by Gasteiger charge is -2.32. The van der Waals surface area contributed by atoms with E-state index < -0.39 is 0 Å². The highest BCUT2D eigenvalue weighted by molar-refractivity contribution is 5.72. The van der Waals surface area contributed by atoms with Gasteiger partial charge in [-0.3, -0.25) is 4.90 Å². The van der Waals surface area contributed by atoms with Crippen LogP contribution in [-0.4, -0.2) is 61.3 Å². The van der Waals surface area contributed by atoms with Crippen LogP contribution in [0.5, 0.6) is 11.6 Å². The highest BCUT2D eigenvalue weighted by atomic mass is 16.5. The second-order valence-corrected chi connectivity index (χ2v) is 11.3. The van der Waals surface area contributed by atoms with E-state index in [0.717, 1.165) is 79.7 Å². The van der Waals surface area contributed by atoms with Crippen LogP contribution in [0.2, 0.25) is 0 Å². The second-order valence-electron chi connectivity index (χ2n) is 11.3. The van der Waals surface area contributed by atoms with Gasteiger partial charge in [0.15, 0.2) is 5.82 Å². The predicted molar refractivity (Wildman–Crippen MR) is 166 cm³/mol. The Morgan fingerprint density at radius 2 is 1.65 bits per heavy atom. The zero-order chi connectivity index (χ0) is 28.5. The first kappa shape index (κ1) is 29.9. The van der Waals surface area contributed by atoms with E-state index in [0.29, 0.717) is 18.3 Å². The highest BCUT2D eigenvalue weighted by Gasteiger charge is 2.23. The Labute approximate surface area is 241 Å². The van der Waals surface area contributed by atoms with Crippen LogP contribution in [0, 0.1) is 26.7 Å². The molecule has 1 saturated heterocycles. The van der Waals surface area contributed by atoms with E-state index in [1.54, 1.807) is 7.11 Å². The fourth-order valence-electron chi connectivity index (χ4n) is 6.01. The molecule has 1 aliphatic heterocycles. The zero-order valence-corrected chi connectivity index (χ0v) is 25.5. The summed E-state index contributed by atoms with van der Waals surface area (Å²) in [6.07, 6.45) is 5.80. The number of benzene rings is 2. The summed E-state index contributed by atoms with van der Waals surface area (Å²) in [7, 11) is 1.70. The van der Waals surface area contributed by atoms with Crippen LogP contribution in [-0.2, 0) is 6.42 Å². The van der Waals surface area contributed by atoms with Crippen molar-refractivity contribution in [1.29, 1.82) is 0 Å². The largest absolute Gasteiger partial charge is 0.491 e. The quantitative estimate of drug-likeness (QED) is 0.230. The molecule has 0 atom stereocenters. The van der Waals surface area contributed by atoms with Gasteiger partial charge in [0.2, 0.25) is 5.88 Å². The molecule has 0 radical (unpaired) electrons. The Balaban J connectivity index is 1.46. The van der Waals surface area contributed by atoms with Crippen molar-refractivity contribution < 1.29 is 9.47 Å². The van der Waals surface area contributed by atoms with Crippen LogP contribution in [0.1, 0.15) is 61.9 Å². The van der Waals surface area contributed by atoms with Gasteiger partial charge < -0.3 is 14.4 Å². The fraction of sp³-hybridized carbons (Fsp3) is 0.529. The van der Waals surface area contributed by atoms with Crippen molar-refractivity contribution in [2.45, 2.75) is 66.7 Å². The number of hydrogen-bond donors (Lipinski definition) is 0. The SMILES string of the molecule is CCCN(CCC)c1c(C)nc(-c2c(C)cc(C)cc2OCCN2CCC(Cc3ccccc3)CC2)nc1OC. The Morgan fingerprint density at radius 3 is 2.30 bits per heavy atom. The molecule has 3 aromatic rings. The van der Waals surface area contributed by atoms with Crippen molar-refractivity contribution in [2.75, 3.05) is 51.3 Å². The van der Waals surface area contributed by atoms with Gasteiger partial charge in [-0.1, -0.05) is 50.2 Å². The van der Waals surface area contributed by atoms with Crippen LogP contribution in [0.3, 0.4) is 0 Å². The van der Waals surface area contributed by atoms with Gasteiger partial charge in [0.25, 0.3) is 0 Å². The number of methoxy groups -OCH3 is 1. The summed E-state index contributed by atoms with van der Waals surface area (Å²) in [4.78, 5) is 14.8. The third-order valence-corrected chi connectivity index (χ3v) is 7.93. The summed E-state index contributed by atoms with van der Waals surface area (Å²) < 4.78 is 12.3. The molecule has 0 N–H and O–H groups in total. The van der Waals surface area contributed by atoms with Crippen LogP contribution in [0.25, 0.3) is 11.4 Å². The maximum Gasteiger partial charge on any atom is 0.241 e. The predicted octanol–water partition coefficient (Wildman–Crippen LogP) is 7.04. The van der Waals surface area contributed by atoms with E-state index in [9.17, 15) is 0 Å². The summed E-state index contributed by atoms with van der Waals surface area (Å²) in [6.45, 7) is 16.4. The lowest BCUT2D eigenvalue weighted by Crippen LogP contribution is -2.37. The van der Waals surface area contributed by atoms with Crippen LogP contribution < -0.4 is 14.4 Å². The summed E-state index contributed by atoms with van der Waals surface area (Å²) in [5.74, 6) is 2.92. The van der Waals surface area contributed by atoms with Gasteiger partial charge in [0.1, 0.15) is 18.0 Å². The standard InChI is InChI=1S/C34H48N4O2/c1-7-16-38(17-8-2)32-27(5)35-33(36-34(32)39-6)31-26(4)22-25(3)23-30(31)40-21-20-37-18-14-29(15-19-37)24-28-12-10-9-11-13-28/h9-13,22-23,29H,7-8,14-21,24H2,1-6H3. The zero-order valence-electron chi connectivity index (χ0n) is 25.5. The fourth-order valence-corrected chi connectivity index (χ4v) is 6.01. The molecule has 6 nitrogen and oxygen atoms in total. The molecule has 0 aliphatic carbocycles. The van der Waals surface area contributed by atoms with Gasteiger partial charge in [-0.05, 0) is 94.6 Å². The van der Waals surface area contributed by atoms with Gasteiger partial charge >= 0.3 is 0 Å². The Kier molecular flexibility index (Phi) is 10.8. The van der Waals surface area contributed by atoms with E-state index in [1.807, 2.05) is 0 Å². The van der Waals surface area contributed by atoms with E-state index in [1.165, 1.54) is 30.4 Å². The van der Waals surface area contributed by atoms with E-state index >= 15 is 0 Å². The molecule has 0 unspecified atom stereocenters. The molecular formula is C34H48N4O2. The van der Waals surface area contributed by atoms with Crippen LogP contribution >= 0.6 is 0 Å². The average Bonchev–Trinajstić information content (AvgIpc) is 2.94. The molecule has 1 aliphatic rings. The smallest absolute Gasteiger partial charge is 0.241 e. The minimum absolute atomic E-state index is 0.633. The second kappa shape index (κ2) is 14.5. The van der Waals surface area contributed by atoms with Crippen molar-refractivity contribution in [3.05, 3.63) is 64.8 Å². The van der Waals surface area contributed by atoms with Crippen molar-refractivity contribution in [2.24, 2.45) is 5.92 Å². The maximum absolute atomic E-state index is 6.47. The van der Waals surface area contributed by atoms with Gasteiger partial charge in [-0.2, -0.15) is 4.98 Å². The molecule has 1 aromatic heterocycles. The summed E-state index contributed by atoms with van der Waals surface area (Å²) in [5.41, 5.74) is 6.64. The molecule has 1 fully saturated rings. The van der Waals surface area contributed by atoms with Crippen LogP contribution in [0.15, 0.2) is 42.5 Å². The molecule has 0 saturated carbocycles. The number of ether oxygens (including phenoxy) is 2. The number of aryl methyl sites for hydroxylation is 3. The third-order valence-electron chi connectivity index (χ3n) is 7.93. The average molecular weight is 545 g/mol. The lowest BCUT2D eigenvalue weighted by atomic mass is 9.90. The molecule has 2 heterocycles. The topological polar surface area (TPSA) is 50.7 Å². The minimum atomic E-state index is 0.633. The number of likely N-dealkylation sites (tertiary alicyclic amines) is 1. The van der Waals surface area contributed by atoms with E-state index in [2.05, 4.69) is 86.9 Å². The van der Waals surface area contributed by atoms with Gasteiger partial charge in [-0.25, -0.2) is 4.98 Å². The molecule has 6 heteroatoms. The van der Waals surface area contributed by atoms with Crippen molar-refractivity contribution in [3.8, 4) is 23.0 Å². The first-order chi connectivity index (χ1) is 19.4. The molecule has 0 amide bonds. The highest BCUT2D eigenvalue weighted by Crippen LogP contribution is 2.37. The third kappa shape index (κ3) is 7.54. The Hall–Kier alpha value is -3.12. The van der Waals surface area contributed by atoms with Crippen molar-refractivity contribution in [1.82, 2.24) is 14.9 Å². The summed E-state index contributed by atoms with van der Waals surface area (Å²) in [6, 6.07) is 15.2.